The molecule has 0 saturated heterocycles. The molecule has 3 aromatic carbocycles. The fourth-order valence-corrected chi connectivity index (χ4v) is 2.62. The van der Waals surface area contributed by atoms with Crippen LogP contribution < -0.4 is 5.73 Å². The molecule has 0 radical (unpaired) electrons. The van der Waals surface area contributed by atoms with Gasteiger partial charge in [0.1, 0.15) is 17.3 Å². The van der Waals surface area contributed by atoms with Crippen LogP contribution in [0.5, 0.6) is 11.5 Å². The van der Waals surface area contributed by atoms with Crippen molar-refractivity contribution < 1.29 is 19.4 Å². The lowest BCUT2D eigenvalue weighted by atomic mass is 9.89. The normalized spacial score (nSPS) is 10.5. The molecule has 0 aliphatic heterocycles. The highest BCUT2D eigenvalue weighted by Gasteiger charge is 2.19. The molecule has 1 amide bonds. The van der Waals surface area contributed by atoms with Crippen molar-refractivity contribution in [2.45, 2.75) is 0 Å². The van der Waals surface area contributed by atoms with Gasteiger partial charge < -0.3 is 15.9 Å². The number of benzene rings is 3. The van der Waals surface area contributed by atoms with Crippen molar-refractivity contribution in [3.8, 4) is 33.8 Å². The number of carbonyl (C=O) groups excluding carboxylic acids is 1. The zero-order valence-electron chi connectivity index (χ0n) is 12.5. The van der Waals surface area contributed by atoms with Crippen LogP contribution in [0.3, 0.4) is 0 Å². The number of aromatic hydroxyl groups is 2. The van der Waals surface area contributed by atoms with E-state index in [-0.39, 0.29) is 22.6 Å². The molecule has 120 valence electrons. The quantitative estimate of drug-likeness (QED) is 0.687. The number of hydrogen-bond donors (Lipinski definition) is 3. The van der Waals surface area contributed by atoms with Gasteiger partial charge in [0, 0.05) is 16.7 Å². The van der Waals surface area contributed by atoms with Gasteiger partial charge in [0.05, 0.1) is 0 Å². The summed E-state index contributed by atoms with van der Waals surface area (Å²) in [6, 6.07) is 14.6. The van der Waals surface area contributed by atoms with E-state index in [9.17, 15) is 19.4 Å². The average Bonchev–Trinajstić information content (AvgIpc) is 2.56. The zero-order valence-corrected chi connectivity index (χ0v) is 12.5. The second-order valence-corrected chi connectivity index (χ2v) is 5.30. The van der Waals surface area contributed by atoms with Crippen LogP contribution in [0, 0.1) is 5.82 Å². The molecule has 0 heterocycles. The van der Waals surface area contributed by atoms with E-state index in [1.807, 2.05) is 0 Å². The maximum absolute atomic E-state index is 14.6. The molecule has 4 nitrogen and oxygen atoms in total. The number of halogens is 1. The van der Waals surface area contributed by atoms with Gasteiger partial charge in [-0.25, -0.2) is 4.39 Å². The minimum atomic E-state index is -0.682. The van der Waals surface area contributed by atoms with Crippen LogP contribution in [0.2, 0.25) is 0 Å². The van der Waals surface area contributed by atoms with Gasteiger partial charge in [-0.3, -0.25) is 4.79 Å². The second-order valence-electron chi connectivity index (χ2n) is 5.30. The molecule has 0 unspecified atom stereocenters. The Labute approximate surface area is 137 Å². The highest BCUT2D eigenvalue weighted by molar-refractivity contribution is 6.04. The Bertz CT molecular complexity index is 903. The monoisotopic (exact) mass is 323 g/mol. The van der Waals surface area contributed by atoms with E-state index in [1.54, 1.807) is 24.3 Å². The van der Waals surface area contributed by atoms with Crippen molar-refractivity contribution in [1.82, 2.24) is 0 Å². The average molecular weight is 323 g/mol. The Hall–Kier alpha value is -3.34. The first-order valence-electron chi connectivity index (χ1n) is 7.18. The number of carbonyl (C=O) groups is 1. The number of nitrogens with two attached hydrogens (primary N) is 1. The summed E-state index contributed by atoms with van der Waals surface area (Å²) in [5.74, 6) is -1.09. The van der Waals surface area contributed by atoms with Gasteiger partial charge in [0.2, 0.25) is 5.91 Å². The lowest BCUT2D eigenvalue weighted by molar-refractivity contribution is 0.100. The van der Waals surface area contributed by atoms with E-state index in [0.29, 0.717) is 16.7 Å². The molecule has 0 atom stereocenters. The summed E-state index contributed by atoms with van der Waals surface area (Å²) < 4.78 is 14.6. The molecule has 4 N–H and O–H groups in total. The first-order valence-corrected chi connectivity index (χ1v) is 7.18. The van der Waals surface area contributed by atoms with Crippen molar-refractivity contribution in [2.75, 3.05) is 0 Å². The molecule has 5 heteroatoms. The van der Waals surface area contributed by atoms with Gasteiger partial charge in [0.15, 0.2) is 0 Å². The zero-order chi connectivity index (χ0) is 17.3. The molecule has 3 aromatic rings. The van der Waals surface area contributed by atoms with Crippen molar-refractivity contribution in [3.05, 3.63) is 72.0 Å². The Balaban J connectivity index is 2.35. The summed E-state index contributed by atoms with van der Waals surface area (Å²) in [4.78, 5) is 11.8. The van der Waals surface area contributed by atoms with E-state index in [2.05, 4.69) is 0 Å². The lowest BCUT2D eigenvalue weighted by Crippen LogP contribution is -2.13. The van der Waals surface area contributed by atoms with E-state index in [0.717, 1.165) is 0 Å². The summed E-state index contributed by atoms with van der Waals surface area (Å²) in [6.07, 6.45) is 0. The fraction of sp³-hybridized carbons (Fsp3) is 0. The summed E-state index contributed by atoms with van der Waals surface area (Å²) >= 11 is 0. The largest absolute Gasteiger partial charge is 0.508 e. The Kier molecular flexibility index (Phi) is 3.92. The third-order valence-electron chi connectivity index (χ3n) is 3.73. The molecule has 0 bridgehead atoms. The second kappa shape index (κ2) is 6.04. The van der Waals surface area contributed by atoms with Crippen LogP contribution in [0.25, 0.3) is 22.3 Å². The minimum absolute atomic E-state index is 0.0522. The van der Waals surface area contributed by atoms with Crippen LogP contribution in [-0.4, -0.2) is 16.1 Å². The van der Waals surface area contributed by atoms with Gasteiger partial charge >= 0.3 is 0 Å². The molecule has 0 fully saturated rings. The summed E-state index contributed by atoms with van der Waals surface area (Å²) in [5, 5.41) is 18.9. The minimum Gasteiger partial charge on any atom is -0.508 e. The maximum Gasteiger partial charge on any atom is 0.249 e. The number of phenolic OH excluding ortho intramolecular Hbond substituents is 2. The third-order valence-corrected chi connectivity index (χ3v) is 3.73. The molecule has 0 aliphatic carbocycles. The van der Waals surface area contributed by atoms with E-state index >= 15 is 0 Å². The van der Waals surface area contributed by atoms with Crippen LogP contribution >= 0.6 is 0 Å². The third kappa shape index (κ3) is 2.79. The smallest absolute Gasteiger partial charge is 0.249 e. The molecule has 24 heavy (non-hydrogen) atoms. The highest BCUT2D eigenvalue weighted by Crippen LogP contribution is 2.38. The summed E-state index contributed by atoms with van der Waals surface area (Å²) in [5.41, 5.74) is 7.21. The SMILES string of the molecule is NC(=O)c1ccc(F)c(-c2ccc(O)cc2)c1-c1ccc(O)cc1. The number of hydrogen-bond acceptors (Lipinski definition) is 3. The molecular formula is C19H14FNO3. The Morgan fingerprint density at radius 3 is 1.67 bits per heavy atom. The first-order chi connectivity index (χ1) is 11.5. The van der Waals surface area contributed by atoms with E-state index in [1.165, 1.54) is 36.4 Å². The van der Waals surface area contributed by atoms with Crippen LogP contribution in [0.1, 0.15) is 10.4 Å². The van der Waals surface area contributed by atoms with Crippen molar-refractivity contribution in [3.63, 3.8) is 0 Å². The van der Waals surface area contributed by atoms with E-state index < -0.39 is 11.7 Å². The molecule has 0 saturated carbocycles. The number of rotatable bonds is 3. The number of amides is 1. The molecule has 0 aliphatic rings. The van der Waals surface area contributed by atoms with Crippen LogP contribution in [-0.2, 0) is 0 Å². The predicted octanol–water partition coefficient (Wildman–Crippen LogP) is 3.67. The van der Waals surface area contributed by atoms with Crippen molar-refractivity contribution in [2.24, 2.45) is 5.73 Å². The molecular weight excluding hydrogens is 309 g/mol. The summed E-state index contributed by atoms with van der Waals surface area (Å²) in [6.45, 7) is 0. The Morgan fingerprint density at radius 1 is 0.750 bits per heavy atom. The first kappa shape index (κ1) is 15.6. The lowest BCUT2D eigenvalue weighted by Gasteiger charge is -2.15. The highest BCUT2D eigenvalue weighted by atomic mass is 19.1. The number of primary amides is 1. The maximum atomic E-state index is 14.6. The molecule has 0 spiro atoms. The van der Waals surface area contributed by atoms with Gasteiger partial charge in [-0.15, -0.1) is 0 Å². The van der Waals surface area contributed by atoms with Gasteiger partial charge in [-0.2, -0.15) is 0 Å². The molecule has 0 aromatic heterocycles. The topological polar surface area (TPSA) is 83.6 Å². The standard InChI is InChI=1S/C19H14FNO3/c20-16-10-9-15(19(21)24)17(11-1-5-13(22)6-2-11)18(16)12-3-7-14(23)8-4-12/h1-10,22-23H,(H2,21,24). The van der Waals surface area contributed by atoms with Crippen LogP contribution in [0.15, 0.2) is 60.7 Å². The van der Waals surface area contributed by atoms with Crippen LogP contribution in [0.4, 0.5) is 4.39 Å². The predicted molar refractivity (Wildman–Crippen MR) is 89.1 cm³/mol. The molecule has 3 rings (SSSR count). The van der Waals surface area contributed by atoms with Crippen molar-refractivity contribution >= 4 is 5.91 Å². The van der Waals surface area contributed by atoms with Crippen molar-refractivity contribution in [1.29, 1.82) is 0 Å². The fourth-order valence-electron chi connectivity index (χ4n) is 2.62. The van der Waals surface area contributed by atoms with Gasteiger partial charge in [0.25, 0.3) is 0 Å². The Morgan fingerprint density at radius 2 is 1.21 bits per heavy atom. The van der Waals surface area contributed by atoms with E-state index in [4.69, 9.17) is 5.73 Å². The number of phenols is 2. The van der Waals surface area contributed by atoms with Gasteiger partial charge in [-0.05, 0) is 47.5 Å². The summed E-state index contributed by atoms with van der Waals surface area (Å²) in [7, 11) is 0. The van der Waals surface area contributed by atoms with Gasteiger partial charge in [-0.1, -0.05) is 24.3 Å².